The van der Waals surface area contributed by atoms with E-state index in [4.69, 9.17) is 9.84 Å². The third-order valence-corrected chi connectivity index (χ3v) is 9.45. The van der Waals surface area contributed by atoms with Gasteiger partial charge in [0.05, 0.1) is 12.0 Å². The Labute approximate surface area is 243 Å². The second kappa shape index (κ2) is 22.6. The molecule has 0 radical (unpaired) electrons. The van der Waals surface area contributed by atoms with Gasteiger partial charge in [-0.3, -0.25) is 9.59 Å². The number of hydrogen-bond donors (Lipinski definition) is 1. The monoisotopic (exact) mass is 553 g/mol. The Balaban J connectivity index is 5.62. The maximum Gasteiger partial charge on any atom is 0.312 e. The van der Waals surface area contributed by atoms with E-state index in [0.29, 0.717) is 30.3 Å². The lowest BCUT2D eigenvalue weighted by atomic mass is 9.58. The Bertz CT molecular complexity index is 614. The van der Waals surface area contributed by atoms with Crippen molar-refractivity contribution >= 4 is 11.9 Å². The zero-order chi connectivity index (χ0) is 29.7. The number of carboxylic acids is 1. The van der Waals surface area contributed by atoms with Crippen LogP contribution in [-0.2, 0) is 14.3 Å². The Morgan fingerprint density at radius 1 is 0.692 bits per heavy atom. The highest BCUT2D eigenvalue weighted by molar-refractivity contribution is 5.77. The molecular weight excluding hydrogens is 484 g/mol. The quantitative estimate of drug-likeness (QED) is 0.0856. The summed E-state index contributed by atoms with van der Waals surface area (Å²) in [5, 5.41) is 8.81. The van der Waals surface area contributed by atoms with Crippen molar-refractivity contribution in [2.24, 2.45) is 35.0 Å². The van der Waals surface area contributed by atoms with E-state index < -0.39 is 11.4 Å². The van der Waals surface area contributed by atoms with Gasteiger partial charge in [0, 0.05) is 6.42 Å². The van der Waals surface area contributed by atoms with Crippen molar-refractivity contribution in [1.29, 1.82) is 0 Å². The van der Waals surface area contributed by atoms with Crippen LogP contribution in [0.3, 0.4) is 0 Å². The largest absolute Gasteiger partial charge is 0.481 e. The van der Waals surface area contributed by atoms with Gasteiger partial charge in [0.2, 0.25) is 0 Å². The molecule has 0 saturated heterocycles. The van der Waals surface area contributed by atoms with Gasteiger partial charge >= 0.3 is 11.9 Å². The van der Waals surface area contributed by atoms with E-state index in [1.54, 1.807) is 0 Å². The van der Waals surface area contributed by atoms with Crippen LogP contribution in [0.25, 0.3) is 0 Å². The third-order valence-electron chi connectivity index (χ3n) is 9.45. The van der Waals surface area contributed by atoms with Crippen molar-refractivity contribution in [1.82, 2.24) is 0 Å². The number of aliphatic carboxylic acids is 1. The lowest BCUT2D eigenvalue weighted by Gasteiger charge is -2.46. The molecule has 4 nitrogen and oxygen atoms in total. The van der Waals surface area contributed by atoms with Crippen molar-refractivity contribution in [3.05, 3.63) is 0 Å². The number of carbonyl (C=O) groups excluding carboxylic acids is 1. The number of esters is 1. The van der Waals surface area contributed by atoms with E-state index >= 15 is 0 Å². The molecular formula is C35H68O4. The van der Waals surface area contributed by atoms with Gasteiger partial charge in [0.15, 0.2) is 0 Å². The van der Waals surface area contributed by atoms with Gasteiger partial charge in [-0.15, -0.1) is 0 Å². The molecule has 4 unspecified atom stereocenters. The highest BCUT2D eigenvalue weighted by Crippen LogP contribution is 2.49. The molecule has 0 aromatic carbocycles. The molecule has 0 amide bonds. The Morgan fingerprint density at radius 3 is 1.67 bits per heavy atom. The number of carbonyl (C=O) groups is 2. The molecule has 1 N–H and O–H groups in total. The highest BCUT2D eigenvalue weighted by Gasteiger charge is 2.50. The summed E-state index contributed by atoms with van der Waals surface area (Å²) in [5.74, 6) is 1.43. The van der Waals surface area contributed by atoms with Crippen LogP contribution in [0.5, 0.6) is 0 Å². The van der Waals surface area contributed by atoms with Gasteiger partial charge in [-0.05, 0) is 55.3 Å². The summed E-state index contributed by atoms with van der Waals surface area (Å²) >= 11 is 0. The molecule has 0 fully saturated rings. The fourth-order valence-corrected chi connectivity index (χ4v) is 6.64. The molecule has 0 heterocycles. The first-order valence-corrected chi connectivity index (χ1v) is 17.0. The minimum atomic E-state index is -0.687. The second-order valence-electron chi connectivity index (χ2n) is 13.1. The summed E-state index contributed by atoms with van der Waals surface area (Å²) in [5.41, 5.74) is -0.428. The van der Waals surface area contributed by atoms with Crippen molar-refractivity contribution in [2.45, 2.75) is 171 Å². The normalized spacial score (nSPS) is 15.7. The summed E-state index contributed by atoms with van der Waals surface area (Å²) < 4.78 is 6.32. The summed E-state index contributed by atoms with van der Waals surface area (Å²) in [7, 11) is 0. The highest BCUT2D eigenvalue weighted by atomic mass is 16.5. The number of ether oxygens (including phenoxy) is 1. The molecule has 0 aliphatic rings. The predicted molar refractivity (Wildman–Crippen MR) is 167 cm³/mol. The molecule has 0 spiro atoms. The van der Waals surface area contributed by atoms with E-state index in [2.05, 4.69) is 55.4 Å². The molecule has 232 valence electrons. The van der Waals surface area contributed by atoms with Crippen LogP contribution in [0.15, 0.2) is 0 Å². The van der Waals surface area contributed by atoms with Gasteiger partial charge < -0.3 is 9.84 Å². The van der Waals surface area contributed by atoms with Gasteiger partial charge in [0.25, 0.3) is 0 Å². The van der Waals surface area contributed by atoms with E-state index in [-0.39, 0.29) is 18.3 Å². The summed E-state index contributed by atoms with van der Waals surface area (Å²) in [6, 6.07) is 0. The zero-order valence-electron chi connectivity index (χ0n) is 27.5. The van der Waals surface area contributed by atoms with Crippen LogP contribution in [0.1, 0.15) is 171 Å². The predicted octanol–water partition coefficient (Wildman–Crippen LogP) is 10.9. The topological polar surface area (TPSA) is 63.6 Å². The second-order valence-corrected chi connectivity index (χ2v) is 13.1. The van der Waals surface area contributed by atoms with Gasteiger partial charge in [0.1, 0.15) is 0 Å². The first-order valence-electron chi connectivity index (χ1n) is 17.0. The molecule has 0 aromatic heterocycles. The average molecular weight is 553 g/mol. The molecule has 0 bridgehead atoms. The van der Waals surface area contributed by atoms with Crippen LogP contribution < -0.4 is 0 Å². The molecule has 0 aliphatic heterocycles. The Morgan fingerprint density at radius 2 is 1.21 bits per heavy atom. The number of carboxylic acid groups (broad SMARTS) is 1. The Kier molecular flexibility index (Phi) is 22.0. The van der Waals surface area contributed by atoms with Crippen molar-refractivity contribution in [2.75, 3.05) is 6.61 Å². The molecule has 0 aromatic rings. The van der Waals surface area contributed by atoms with E-state index in [1.807, 2.05) is 0 Å². The van der Waals surface area contributed by atoms with Crippen LogP contribution in [0.4, 0.5) is 0 Å². The maximum absolute atomic E-state index is 14.3. The van der Waals surface area contributed by atoms with Crippen molar-refractivity contribution < 1.29 is 19.4 Å². The summed E-state index contributed by atoms with van der Waals surface area (Å²) in [6.45, 7) is 18.8. The van der Waals surface area contributed by atoms with E-state index in [1.165, 1.54) is 51.4 Å². The number of rotatable bonds is 26. The minimum absolute atomic E-state index is 0.0829. The third kappa shape index (κ3) is 14.9. The fourth-order valence-electron chi connectivity index (χ4n) is 6.64. The molecule has 0 saturated carbocycles. The van der Waals surface area contributed by atoms with Gasteiger partial charge in [-0.2, -0.15) is 0 Å². The van der Waals surface area contributed by atoms with Crippen LogP contribution >= 0.6 is 0 Å². The van der Waals surface area contributed by atoms with Gasteiger partial charge in [-0.1, -0.05) is 139 Å². The van der Waals surface area contributed by atoms with Gasteiger partial charge in [-0.25, -0.2) is 0 Å². The number of hydrogen-bond acceptors (Lipinski definition) is 3. The SMILES string of the molecule is CCCCC(CC)COC(=O)C(CC(CC)CCCC)(C(C)C)C(CCCCCCCCCC(=O)O)C(C)C. The minimum Gasteiger partial charge on any atom is -0.481 e. The fraction of sp³-hybridized carbons (Fsp3) is 0.943. The maximum atomic E-state index is 14.3. The number of unbranched alkanes of at least 4 members (excludes halogenated alkanes) is 8. The molecule has 0 rings (SSSR count). The van der Waals surface area contributed by atoms with Crippen LogP contribution in [0, 0.1) is 35.0 Å². The summed E-state index contributed by atoms with van der Waals surface area (Å²) in [4.78, 5) is 25.0. The first-order chi connectivity index (χ1) is 18.6. The standard InChI is InChI=1S/C35H68O4/c1-9-13-22-30(11-3)26-35(29(7)8,34(38)39-27-31(12-4)23-14-10-2)32(28(5)6)24-20-18-16-15-17-19-21-25-33(36)37/h28-32H,9-27H2,1-8H3,(H,36,37). The van der Waals surface area contributed by atoms with Crippen molar-refractivity contribution in [3.8, 4) is 0 Å². The lowest BCUT2D eigenvalue weighted by Crippen LogP contribution is -2.48. The van der Waals surface area contributed by atoms with E-state index in [0.717, 1.165) is 57.8 Å². The smallest absolute Gasteiger partial charge is 0.312 e. The summed E-state index contributed by atoms with van der Waals surface area (Å²) in [6.07, 6.45) is 19.3. The molecule has 4 atom stereocenters. The molecule has 4 heteroatoms. The first kappa shape index (κ1) is 37.9. The Hall–Kier alpha value is -1.06. The molecule has 39 heavy (non-hydrogen) atoms. The average Bonchev–Trinajstić information content (AvgIpc) is 2.90. The van der Waals surface area contributed by atoms with E-state index in [9.17, 15) is 9.59 Å². The van der Waals surface area contributed by atoms with Crippen LogP contribution in [0.2, 0.25) is 0 Å². The lowest BCUT2D eigenvalue weighted by molar-refractivity contribution is -0.170. The zero-order valence-corrected chi connectivity index (χ0v) is 27.5. The molecule has 0 aliphatic carbocycles. The van der Waals surface area contributed by atoms with Crippen molar-refractivity contribution in [3.63, 3.8) is 0 Å². The van der Waals surface area contributed by atoms with Crippen LogP contribution in [-0.4, -0.2) is 23.7 Å².